The van der Waals surface area contributed by atoms with Crippen molar-refractivity contribution < 1.29 is 5.11 Å². The summed E-state index contributed by atoms with van der Waals surface area (Å²) in [4.78, 5) is 16.7. The van der Waals surface area contributed by atoms with Crippen LogP contribution >= 0.6 is 11.6 Å². The molecule has 0 saturated carbocycles. The minimum atomic E-state index is -0.489. The Balaban J connectivity index is 2.68. The molecule has 24 heavy (non-hydrogen) atoms. The van der Waals surface area contributed by atoms with E-state index in [4.69, 9.17) is 11.6 Å². The highest BCUT2D eigenvalue weighted by molar-refractivity contribution is 6.33. The standard InChI is InChI=1S/C18H18ClN3O2/c1-4-11(2)22-17(23)13(9-20)12(3)14(18(22)24)10-21-16-8-6-5-7-15(16)19/h5-8,10-11,24H,4H2,1-3H3. The number of para-hydroxylation sites is 1. The highest BCUT2D eigenvalue weighted by Gasteiger charge is 2.20. The third kappa shape index (κ3) is 3.19. The van der Waals surface area contributed by atoms with E-state index in [9.17, 15) is 15.2 Å². The van der Waals surface area contributed by atoms with Gasteiger partial charge in [-0.05, 0) is 38.0 Å². The fraction of sp³-hybridized carbons (Fsp3) is 0.278. The van der Waals surface area contributed by atoms with Gasteiger partial charge in [0.05, 0.1) is 16.3 Å². The summed E-state index contributed by atoms with van der Waals surface area (Å²) in [6.07, 6.45) is 2.08. The molecular formula is C18H18ClN3O2. The fourth-order valence-corrected chi connectivity index (χ4v) is 2.56. The maximum atomic E-state index is 12.4. The summed E-state index contributed by atoms with van der Waals surface area (Å²) in [5.74, 6) is -0.193. The molecule has 0 aliphatic carbocycles. The van der Waals surface area contributed by atoms with Crippen LogP contribution in [-0.2, 0) is 0 Å². The molecule has 2 aromatic rings. The Labute approximate surface area is 145 Å². The van der Waals surface area contributed by atoms with Crippen molar-refractivity contribution in [3.8, 4) is 11.9 Å². The highest BCUT2D eigenvalue weighted by Crippen LogP contribution is 2.27. The number of rotatable bonds is 4. The molecule has 6 heteroatoms. The van der Waals surface area contributed by atoms with Gasteiger partial charge in [0, 0.05) is 12.3 Å². The minimum absolute atomic E-state index is 0.00806. The maximum absolute atomic E-state index is 12.4. The lowest BCUT2D eigenvalue weighted by atomic mass is 10.0. The molecule has 0 bridgehead atoms. The van der Waals surface area contributed by atoms with Crippen LogP contribution in [0.5, 0.6) is 5.88 Å². The summed E-state index contributed by atoms with van der Waals surface area (Å²) in [6.45, 7) is 5.33. The number of nitriles is 1. The SMILES string of the molecule is CCC(C)n1c(O)c(C=Nc2ccccc2Cl)c(C)c(C#N)c1=O. The number of aromatic hydroxyl groups is 1. The molecule has 0 fully saturated rings. The molecule has 1 unspecified atom stereocenters. The van der Waals surface area contributed by atoms with Gasteiger partial charge in [0.25, 0.3) is 5.56 Å². The molecule has 1 heterocycles. The van der Waals surface area contributed by atoms with E-state index in [0.29, 0.717) is 28.3 Å². The summed E-state index contributed by atoms with van der Waals surface area (Å²) >= 11 is 6.07. The Bertz CT molecular complexity index is 894. The molecule has 1 aromatic heterocycles. The molecule has 0 aliphatic heterocycles. The number of nitrogens with zero attached hydrogens (tertiary/aromatic N) is 3. The summed E-state index contributed by atoms with van der Waals surface area (Å²) in [7, 11) is 0. The lowest BCUT2D eigenvalue weighted by molar-refractivity contribution is 0.372. The topological polar surface area (TPSA) is 78.4 Å². The Kier molecular flexibility index (Phi) is 5.42. The first-order chi connectivity index (χ1) is 11.4. The van der Waals surface area contributed by atoms with E-state index >= 15 is 0 Å². The van der Waals surface area contributed by atoms with Crippen LogP contribution in [0.2, 0.25) is 5.02 Å². The largest absolute Gasteiger partial charge is 0.494 e. The second-order valence-corrected chi connectivity index (χ2v) is 5.90. The summed E-state index contributed by atoms with van der Waals surface area (Å²) in [5, 5.41) is 20.3. The van der Waals surface area contributed by atoms with E-state index in [1.807, 2.05) is 19.9 Å². The van der Waals surface area contributed by atoms with Gasteiger partial charge in [-0.1, -0.05) is 30.7 Å². The van der Waals surface area contributed by atoms with E-state index in [0.717, 1.165) is 0 Å². The van der Waals surface area contributed by atoms with Crippen molar-refractivity contribution in [2.45, 2.75) is 33.2 Å². The Hall–Kier alpha value is -2.58. The zero-order valence-corrected chi connectivity index (χ0v) is 14.5. The molecule has 1 N–H and O–H groups in total. The molecule has 2 rings (SSSR count). The first kappa shape index (κ1) is 17.8. The van der Waals surface area contributed by atoms with Crippen LogP contribution in [0.4, 0.5) is 5.69 Å². The Morgan fingerprint density at radius 2 is 2.12 bits per heavy atom. The number of hydrogen-bond donors (Lipinski definition) is 1. The minimum Gasteiger partial charge on any atom is -0.494 e. The van der Waals surface area contributed by atoms with Crippen molar-refractivity contribution in [2.75, 3.05) is 0 Å². The molecule has 1 atom stereocenters. The van der Waals surface area contributed by atoms with Gasteiger partial charge in [-0.25, -0.2) is 0 Å². The van der Waals surface area contributed by atoms with Crippen LogP contribution in [0.3, 0.4) is 0 Å². The third-order valence-corrected chi connectivity index (χ3v) is 4.33. The van der Waals surface area contributed by atoms with Gasteiger partial charge in [-0.3, -0.25) is 14.4 Å². The van der Waals surface area contributed by atoms with Gasteiger partial charge in [0.15, 0.2) is 0 Å². The van der Waals surface area contributed by atoms with Gasteiger partial charge in [0.2, 0.25) is 5.88 Å². The number of benzene rings is 1. The average molecular weight is 344 g/mol. The van der Waals surface area contributed by atoms with Crippen molar-refractivity contribution in [3.05, 3.63) is 56.3 Å². The van der Waals surface area contributed by atoms with Crippen LogP contribution < -0.4 is 5.56 Å². The number of hydrogen-bond acceptors (Lipinski definition) is 4. The summed E-state index contributed by atoms with van der Waals surface area (Å²) in [5.41, 5.74) is 0.796. The second-order valence-electron chi connectivity index (χ2n) is 5.49. The molecule has 0 spiro atoms. The molecule has 5 nitrogen and oxygen atoms in total. The Morgan fingerprint density at radius 3 is 2.71 bits per heavy atom. The van der Waals surface area contributed by atoms with Crippen LogP contribution in [-0.4, -0.2) is 15.9 Å². The van der Waals surface area contributed by atoms with Gasteiger partial charge in [-0.2, -0.15) is 5.26 Å². The first-order valence-electron chi connectivity index (χ1n) is 7.59. The smallest absolute Gasteiger partial charge is 0.271 e. The molecule has 0 aliphatic rings. The predicted octanol–water partition coefficient (Wildman–Crippen LogP) is 4.11. The molecule has 124 valence electrons. The average Bonchev–Trinajstić information content (AvgIpc) is 2.56. The van der Waals surface area contributed by atoms with Crippen molar-refractivity contribution in [3.63, 3.8) is 0 Å². The zero-order chi connectivity index (χ0) is 17.9. The fourth-order valence-electron chi connectivity index (χ4n) is 2.38. The van der Waals surface area contributed by atoms with E-state index in [1.165, 1.54) is 10.8 Å². The highest BCUT2D eigenvalue weighted by atomic mass is 35.5. The lowest BCUT2D eigenvalue weighted by Gasteiger charge is -2.18. The van der Waals surface area contributed by atoms with Crippen molar-refractivity contribution in [1.29, 1.82) is 5.26 Å². The summed E-state index contributed by atoms with van der Waals surface area (Å²) < 4.78 is 1.24. The molecule has 0 radical (unpaired) electrons. The molecule has 1 aromatic carbocycles. The van der Waals surface area contributed by atoms with E-state index < -0.39 is 5.56 Å². The van der Waals surface area contributed by atoms with Gasteiger partial charge in [-0.15, -0.1) is 0 Å². The van der Waals surface area contributed by atoms with Crippen LogP contribution in [0, 0.1) is 18.3 Å². The molecular weight excluding hydrogens is 326 g/mol. The van der Waals surface area contributed by atoms with E-state index in [-0.39, 0.29) is 17.5 Å². The van der Waals surface area contributed by atoms with Gasteiger partial charge < -0.3 is 5.11 Å². The first-order valence-corrected chi connectivity index (χ1v) is 7.96. The predicted molar refractivity (Wildman–Crippen MR) is 95.5 cm³/mol. The van der Waals surface area contributed by atoms with Crippen molar-refractivity contribution in [2.24, 2.45) is 4.99 Å². The van der Waals surface area contributed by atoms with Crippen LogP contribution in [0.1, 0.15) is 43.0 Å². The van der Waals surface area contributed by atoms with Gasteiger partial charge in [0.1, 0.15) is 11.6 Å². The maximum Gasteiger partial charge on any atom is 0.271 e. The van der Waals surface area contributed by atoms with E-state index in [1.54, 1.807) is 31.2 Å². The molecule has 0 saturated heterocycles. The number of halogens is 1. The Morgan fingerprint density at radius 1 is 1.46 bits per heavy atom. The van der Waals surface area contributed by atoms with Crippen molar-refractivity contribution >= 4 is 23.5 Å². The summed E-state index contributed by atoms with van der Waals surface area (Å²) in [6, 6.07) is 8.73. The zero-order valence-electron chi connectivity index (χ0n) is 13.7. The normalized spacial score (nSPS) is 12.3. The quantitative estimate of drug-likeness (QED) is 0.848. The lowest BCUT2D eigenvalue weighted by Crippen LogP contribution is -2.27. The van der Waals surface area contributed by atoms with Crippen LogP contribution in [0.15, 0.2) is 34.1 Å². The van der Waals surface area contributed by atoms with E-state index in [2.05, 4.69) is 4.99 Å². The second kappa shape index (κ2) is 7.33. The van der Waals surface area contributed by atoms with Crippen molar-refractivity contribution in [1.82, 2.24) is 4.57 Å². The molecule has 0 amide bonds. The van der Waals surface area contributed by atoms with Crippen LogP contribution in [0.25, 0.3) is 0 Å². The number of aromatic nitrogens is 1. The monoisotopic (exact) mass is 343 g/mol. The van der Waals surface area contributed by atoms with Gasteiger partial charge >= 0.3 is 0 Å². The number of pyridine rings is 1. The third-order valence-electron chi connectivity index (χ3n) is 4.01. The number of aliphatic imine (C=N–C) groups is 1.